The lowest BCUT2D eigenvalue weighted by atomic mass is 9.88. The van der Waals surface area contributed by atoms with Gasteiger partial charge in [-0.25, -0.2) is 0 Å². The highest BCUT2D eigenvalue weighted by atomic mass is 16.8. The molecule has 27 heavy (non-hydrogen) atoms. The third kappa shape index (κ3) is 3.08. The molecule has 1 saturated carbocycles. The molecule has 0 aromatic carbocycles. The molecule has 0 unspecified atom stereocenters. The fraction of sp³-hybridized carbons (Fsp3) is 0.760. The highest BCUT2D eigenvalue weighted by molar-refractivity contribution is 5.37. The van der Waals surface area contributed by atoms with Gasteiger partial charge in [0.05, 0.1) is 12.2 Å². The summed E-state index contributed by atoms with van der Waals surface area (Å²) in [6.45, 7) is 13.7. The van der Waals surface area contributed by atoms with Gasteiger partial charge in [-0.2, -0.15) is 0 Å². The van der Waals surface area contributed by atoms with Gasteiger partial charge < -0.3 is 9.47 Å². The van der Waals surface area contributed by atoms with Crippen LogP contribution in [0.15, 0.2) is 35.5 Å². The number of ether oxygens (including phenoxy) is 2. The molecule has 0 N–H and O–H groups in total. The molecule has 2 nitrogen and oxygen atoms in total. The quantitative estimate of drug-likeness (QED) is 0.566. The van der Waals surface area contributed by atoms with Crippen molar-refractivity contribution in [1.82, 2.24) is 0 Å². The first-order valence-electron chi connectivity index (χ1n) is 11.3. The first kappa shape index (κ1) is 19.5. The van der Waals surface area contributed by atoms with Crippen LogP contribution < -0.4 is 0 Å². The lowest BCUT2D eigenvalue weighted by molar-refractivity contribution is -0.240. The first-order chi connectivity index (χ1) is 12.9. The summed E-state index contributed by atoms with van der Waals surface area (Å²) in [5.74, 6) is 3.15. The third-order valence-electron chi connectivity index (χ3n) is 7.86. The van der Waals surface area contributed by atoms with Gasteiger partial charge in [-0.05, 0) is 60.5 Å². The zero-order chi connectivity index (χ0) is 19.3. The lowest BCUT2D eigenvalue weighted by Crippen LogP contribution is -2.43. The van der Waals surface area contributed by atoms with Gasteiger partial charge >= 0.3 is 0 Å². The molecule has 1 aliphatic heterocycles. The molecule has 2 fully saturated rings. The van der Waals surface area contributed by atoms with Crippen molar-refractivity contribution in [2.24, 2.45) is 35.5 Å². The highest BCUT2D eigenvalue weighted by Crippen LogP contribution is 2.54. The van der Waals surface area contributed by atoms with E-state index in [1.165, 1.54) is 18.4 Å². The number of hydrogen-bond donors (Lipinski definition) is 0. The summed E-state index contributed by atoms with van der Waals surface area (Å²) in [4.78, 5) is 0. The fourth-order valence-corrected chi connectivity index (χ4v) is 6.32. The van der Waals surface area contributed by atoms with Crippen LogP contribution in [0, 0.1) is 35.5 Å². The van der Waals surface area contributed by atoms with E-state index in [1.807, 2.05) is 0 Å². The van der Waals surface area contributed by atoms with Gasteiger partial charge in [0, 0.05) is 11.8 Å². The van der Waals surface area contributed by atoms with Crippen molar-refractivity contribution in [3.05, 3.63) is 35.5 Å². The smallest absolute Gasteiger partial charge is 0.173 e. The molecule has 2 heteroatoms. The second kappa shape index (κ2) is 7.19. The predicted molar refractivity (Wildman–Crippen MR) is 111 cm³/mol. The minimum absolute atomic E-state index is 0.274. The van der Waals surface area contributed by atoms with Crippen molar-refractivity contribution in [1.29, 1.82) is 0 Å². The van der Waals surface area contributed by atoms with Crippen LogP contribution in [0.25, 0.3) is 0 Å². The van der Waals surface area contributed by atoms with Crippen LogP contribution in [-0.2, 0) is 9.47 Å². The maximum absolute atomic E-state index is 6.69. The summed E-state index contributed by atoms with van der Waals surface area (Å²) in [5.41, 5.74) is 3.08. The van der Waals surface area contributed by atoms with Crippen LogP contribution in [0.5, 0.6) is 0 Å². The third-order valence-corrected chi connectivity index (χ3v) is 7.86. The Kier molecular flexibility index (Phi) is 5.18. The van der Waals surface area contributed by atoms with Crippen LogP contribution in [0.4, 0.5) is 0 Å². The number of hydrogen-bond acceptors (Lipinski definition) is 2. The van der Waals surface area contributed by atoms with E-state index < -0.39 is 5.79 Å². The average molecular weight is 371 g/mol. The minimum atomic E-state index is -0.391. The summed E-state index contributed by atoms with van der Waals surface area (Å²) in [6, 6.07) is 0. The van der Waals surface area contributed by atoms with Gasteiger partial charge in [0.1, 0.15) is 0 Å². The van der Waals surface area contributed by atoms with Gasteiger partial charge in [-0.3, -0.25) is 0 Å². The van der Waals surface area contributed by atoms with Crippen LogP contribution in [0.3, 0.4) is 0 Å². The summed E-state index contributed by atoms with van der Waals surface area (Å²) in [7, 11) is 0. The summed E-state index contributed by atoms with van der Waals surface area (Å²) >= 11 is 0. The van der Waals surface area contributed by atoms with E-state index in [9.17, 15) is 0 Å². The largest absolute Gasteiger partial charge is 0.343 e. The first-order valence-corrected chi connectivity index (χ1v) is 11.3. The maximum atomic E-state index is 6.69. The topological polar surface area (TPSA) is 18.5 Å². The van der Waals surface area contributed by atoms with Crippen molar-refractivity contribution < 1.29 is 9.47 Å². The van der Waals surface area contributed by atoms with Crippen molar-refractivity contribution >= 4 is 0 Å². The zero-order valence-corrected chi connectivity index (χ0v) is 18.1. The zero-order valence-electron chi connectivity index (χ0n) is 18.1. The monoisotopic (exact) mass is 370 g/mol. The molecule has 0 radical (unpaired) electrons. The van der Waals surface area contributed by atoms with E-state index in [2.05, 4.69) is 65.8 Å². The molecule has 1 saturated heterocycles. The molecule has 0 bridgehead atoms. The molecule has 3 aliphatic carbocycles. The van der Waals surface area contributed by atoms with E-state index in [0.717, 1.165) is 24.7 Å². The van der Waals surface area contributed by atoms with Crippen molar-refractivity contribution in [3.8, 4) is 0 Å². The van der Waals surface area contributed by atoms with E-state index in [-0.39, 0.29) is 12.2 Å². The Labute approximate surface area is 166 Å². The standard InChI is InChI=1S/C25H38O2/c1-7-20-17(6)8-9-18(20)10-11-19-12-13-21-22(19)14-23-24(21)27-25(26-23,15(2)3)16(4)5/h9-12,15-17,20-24H,7-8,13-14H2,1-6H3/b11-10+/t17-,20-,21+,22-,23-,24+/m1/s1. The SMILES string of the molecule is CC[C@H]1C(/C=C/C2=CC[C@@H]3[C@@H]4OC(C(C)C)(C(C)C)O[C@@H]4C[C@H]23)=CC[C@H]1C. The Morgan fingerprint density at radius 3 is 2.37 bits per heavy atom. The highest BCUT2D eigenvalue weighted by Gasteiger charge is 2.59. The normalized spacial score (nSPS) is 40.1. The Morgan fingerprint density at radius 1 is 1.04 bits per heavy atom. The maximum Gasteiger partial charge on any atom is 0.173 e. The van der Waals surface area contributed by atoms with E-state index >= 15 is 0 Å². The van der Waals surface area contributed by atoms with E-state index in [4.69, 9.17) is 9.47 Å². The number of fused-ring (bicyclic) bond motifs is 3. The average Bonchev–Trinajstić information content (AvgIpc) is 3.33. The van der Waals surface area contributed by atoms with Crippen molar-refractivity contribution in [2.75, 3.05) is 0 Å². The Morgan fingerprint density at radius 2 is 1.70 bits per heavy atom. The van der Waals surface area contributed by atoms with Crippen LogP contribution in [-0.4, -0.2) is 18.0 Å². The molecule has 150 valence electrons. The fourth-order valence-electron chi connectivity index (χ4n) is 6.32. The van der Waals surface area contributed by atoms with Crippen LogP contribution >= 0.6 is 0 Å². The van der Waals surface area contributed by atoms with Gasteiger partial charge in [0.2, 0.25) is 0 Å². The molecule has 4 aliphatic rings. The number of allylic oxidation sites excluding steroid dienone is 6. The lowest BCUT2D eigenvalue weighted by Gasteiger charge is -2.37. The van der Waals surface area contributed by atoms with Gasteiger partial charge in [0.15, 0.2) is 5.79 Å². The molecule has 6 atom stereocenters. The predicted octanol–water partition coefficient (Wildman–Crippen LogP) is 6.29. The van der Waals surface area contributed by atoms with Crippen molar-refractivity contribution in [3.63, 3.8) is 0 Å². The van der Waals surface area contributed by atoms with Crippen LogP contribution in [0.2, 0.25) is 0 Å². The summed E-state index contributed by atoms with van der Waals surface area (Å²) in [6.07, 6.45) is 15.1. The molecule has 0 aromatic rings. The van der Waals surface area contributed by atoms with Crippen molar-refractivity contribution in [2.45, 2.75) is 85.2 Å². The van der Waals surface area contributed by atoms with Gasteiger partial charge in [0.25, 0.3) is 0 Å². The molecule has 0 spiro atoms. The molecule has 1 heterocycles. The summed E-state index contributed by atoms with van der Waals surface area (Å²) < 4.78 is 13.3. The van der Waals surface area contributed by atoms with Gasteiger partial charge in [-0.15, -0.1) is 0 Å². The van der Waals surface area contributed by atoms with Gasteiger partial charge in [-0.1, -0.05) is 65.8 Å². The molecule has 0 aromatic heterocycles. The second-order valence-corrected chi connectivity index (χ2v) is 9.98. The Bertz CT molecular complexity index is 645. The minimum Gasteiger partial charge on any atom is -0.343 e. The Hall–Kier alpha value is -0.860. The van der Waals surface area contributed by atoms with Crippen LogP contribution in [0.1, 0.15) is 67.2 Å². The van der Waals surface area contributed by atoms with E-state index in [0.29, 0.717) is 23.7 Å². The molecule has 4 rings (SSSR count). The Balaban J connectivity index is 1.44. The van der Waals surface area contributed by atoms with E-state index in [1.54, 1.807) is 5.57 Å². The second-order valence-electron chi connectivity index (χ2n) is 9.98. The molecular formula is C25H38O2. The molecular weight excluding hydrogens is 332 g/mol. The number of rotatable bonds is 5. The molecule has 0 amide bonds. The summed E-state index contributed by atoms with van der Waals surface area (Å²) in [5, 5.41) is 0.